The lowest BCUT2D eigenvalue weighted by Gasteiger charge is -2.18. The van der Waals surface area contributed by atoms with Crippen LogP contribution in [0.5, 0.6) is 0 Å². The van der Waals surface area contributed by atoms with Crippen molar-refractivity contribution in [3.63, 3.8) is 0 Å². The largest absolute Gasteiger partial charge is 0.481 e. The highest BCUT2D eigenvalue weighted by molar-refractivity contribution is 9.11. The molecule has 16 heavy (non-hydrogen) atoms. The van der Waals surface area contributed by atoms with Crippen molar-refractivity contribution in [3.8, 4) is 0 Å². The number of hydrogen-bond acceptors (Lipinski definition) is 3. The Morgan fingerprint density at radius 2 is 1.94 bits per heavy atom. The smallest absolute Gasteiger partial charge is 0.306 e. The Hall–Kier alpha value is -0.430. The number of carbonyl (C=O) groups is 1. The van der Waals surface area contributed by atoms with Crippen molar-refractivity contribution in [2.24, 2.45) is 0 Å². The summed E-state index contributed by atoms with van der Waals surface area (Å²) in [4.78, 5) is 10.4. The first-order valence-electron chi connectivity index (χ1n) is 4.44. The van der Waals surface area contributed by atoms with E-state index in [1.54, 1.807) is 18.2 Å². The molecule has 0 heterocycles. The number of aliphatic carboxylic acids is 1. The number of rotatable bonds is 4. The first-order valence-corrected chi connectivity index (χ1v) is 6.03. The first kappa shape index (κ1) is 13.6. The van der Waals surface area contributed by atoms with Crippen LogP contribution in [0.1, 0.15) is 18.1 Å². The third-order valence-corrected chi connectivity index (χ3v) is 3.24. The van der Waals surface area contributed by atoms with Gasteiger partial charge in [-0.3, -0.25) is 4.79 Å². The zero-order valence-electron chi connectivity index (χ0n) is 8.10. The molecule has 1 aromatic carbocycles. The summed E-state index contributed by atoms with van der Waals surface area (Å²) in [7, 11) is 0. The highest BCUT2D eigenvalue weighted by Crippen LogP contribution is 2.29. The van der Waals surface area contributed by atoms with E-state index in [1.807, 2.05) is 0 Å². The van der Waals surface area contributed by atoms with Crippen molar-refractivity contribution >= 4 is 37.8 Å². The predicted octanol–water partition coefficient (Wildman–Crippen LogP) is 2.08. The van der Waals surface area contributed by atoms with Crippen molar-refractivity contribution in [2.75, 3.05) is 0 Å². The normalized spacial score (nSPS) is 14.5. The maximum absolute atomic E-state index is 10.4. The second-order valence-corrected chi connectivity index (χ2v) is 5.05. The molecule has 0 saturated carbocycles. The van der Waals surface area contributed by atoms with Crippen LogP contribution in [0.4, 0.5) is 0 Å². The molecule has 0 aliphatic heterocycles. The summed E-state index contributed by atoms with van der Waals surface area (Å²) in [6, 6.07) is 5.10. The van der Waals surface area contributed by atoms with Crippen LogP contribution in [0.15, 0.2) is 27.1 Å². The summed E-state index contributed by atoms with van der Waals surface area (Å²) in [6.07, 6.45) is -3.06. The van der Waals surface area contributed by atoms with E-state index in [0.29, 0.717) is 10.0 Å². The van der Waals surface area contributed by atoms with Gasteiger partial charge in [-0.25, -0.2) is 0 Å². The Balaban J connectivity index is 2.90. The predicted molar refractivity (Wildman–Crippen MR) is 65.1 cm³/mol. The van der Waals surface area contributed by atoms with Gasteiger partial charge in [-0.2, -0.15) is 0 Å². The first-order chi connectivity index (χ1) is 7.41. The van der Waals surface area contributed by atoms with E-state index in [1.165, 1.54) is 0 Å². The minimum Gasteiger partial charge on any atom is -0.481 e. The van der Waals surface area contributed by atoms with Crippen LogP contribution in [0.3, 0.4) is 0 Å². The standard InChI is InChI=1S/C10H10Br2O4/c11-5-1-2-7(12)6(3-5)10(16)8(13)4-9(14)15/h1-3,8,10,13,16H,4H2,(H,14,15). The van der Waals surface area contributed by atoms with Gasteiger partial charge < -0.3 is 15.3 Å². The van der Waals surface area contributed by atoms with Crippen molar-refractivity contribution in [2.45, 2.75) is 18.6 Å². The van der Waals surface area contributed by atoms with Crippen LogP contribution in [0, 0.1) is 0 Å². The van der Waals surface area contributed by atoms with Crippen LogP contribution in [-0.4, -0.2) is 27.4 Å². The lowest BCUT2D eigenvalue weighted by Crippen LogP contribution is -2.22. The Labute approximate surface area is 109 Å². The molecule has 0 amide bonds. The molecule has 0 aromatic heterocycles. The summed E-state index contributed by atoms with van der Waals surface area (Å²) in [6.45, 7) is 0. The van der Waals surface area contributed by atoms with Gasteiger partial charge in [0.1, 0.15) is 6.10 Å². The Kier molecular flexibility index (Phi) is 4.91. The van der Waals surface area contributed by atoms with Crippen LogP contribution >= 0.6 is 31.9 Å². The van der Waals surface area contributed by atoms with Gasteiger partial charge in [0.05, 0.1) is 12.5 Å². The second kappa shape index (κ2) is 5.77. The van der Waals surface area contributed by atoms with Gasteiger partial charge >= 0.3 is 5.97 Å². The zero-order chi connectivity index (χ0) is 12.3. The Bertz CT molecular complexity index is 394. The van der Waals surface area contributed by atoms with Crippen molar-refractivity contribution < 1.29 is 20.1 Å². The van der Waals surface area contributed by atoms with Gasteiger partial charge in [0.15, 0.2) is 0 Å². The lowest BCUT2D eigenvalue weighted by atomic mass is 10.0. The fraction of sp³-hybridized carbons (Fsp3) is 0.300. The number of carboxylic acid groups (broad SMARTS) is 1. The molecule has 0 bridgehead atoms. The lowest BCUT2D eigenvalue weighted by molar-refractivity contribution is -0.141. The maximum Gasteiger partial charge on any atom is 0.306 e. The monoisotopic (exact) mass is 352 g/mol. The number of halogens is 2. The van der Waals surface area contributed by atoms with Gasteiger partial charge in [0.25, 0.3) is 0 Å². The van der Waals surface area contributed by atoms with Crippen molar-refractivity contribution in [1.29, 1.82) is 0 Å². The van der Waals surface area contributed by atoms with E-state index in [2.05, 4.69) is 31.9 Å². The highest BCUT2D eigenvalue weighted by Gasteiger charge is 2.23. The minimum absolute atomic E-state index is 0.447. The number of benzene rings is 1. The molecule has 2 unspecified atom stereocenters. The molecular weight excluding hydrogens is 344 g/mol. The van der Waals surface area contributed by atoms with E-state index in [-0.39, 0.29) is 0 Å². The molecule has 3 N–H and O–H groups in total. The molecule has 1 rings (SSSR count). The minimum atomic E-state index is -1.33. The average molecular weight is 354 g/mol. The van der Waals surface area contributed by atoms with Gasteiger partial charge in [0.2, 0.25) is 0 Å². The molecule has 2 atom stereocenters. The van der Waals surface area contributed by atoms with E-state index in [0.717, 1.165) is 4.47 Å². The molecule has 0 radical (unpaired) electrons. The molecule has 1 aromatic rings. The van der Waals surface area contributed by atoms with Crippen LogP contribution in [0.2, 0.25) is 0 Å². The van der Waals surface area contributed by atoms with Crippen molar-refractivity contribution in [1.82, 2.24) is 0 Å². The van der Waals surface area contributed by atoms with E-state index >= 15 is 0 Å². The molecule has 0 fully saturated rings. The van der Waals surface area contributed by atoms with E-state index in [9.17, 15) is 15.0 Å². The SMILES string of the molecule is O=C(O)CC(O)C(O)c1cc(Br)ccc1Br. The van der Waals surface area contributed by atoms with Crippen LogP contribution in [-0.2, 0) is 4.79 Å². The maximum atomic E-state index is 10.4. The molecule has 4 nitrogen and oxygen atoms in total. The van der Waals surface area contributed by atoms with Gasteiger partial charge in [-0.05, 0) is 23.8 Å². The van der Waals surface area contributed by atoms with Gasteiger partial charge in [0, 0.05) is 8.95 Å². The summed E-state index contributed by atoms with van der Waals surface area (Å²) in [5, 5.41) is 27.8. The fourth-order valence-corrected chi connectivity index (χ4v) is 2.10. The molecule has 0 saturated heterocycles. The van der Waals surface area contributed by atoms with Crippen LogP contribution < -0.4 is 0 Å². The second-order valence-electron chi connectivity index (χ2n) is 3.28. The highest BCUT2D eigenvalue weighted by atomic mass is 79.9. The fourth-order valence-electron chi connectivity index (χ4n) is 1.24. The third kappa shape index (κ3) is 3.55. The Morgan fingerprint density at radius 3 is 2.50 bits per heavy atom. The topological polar surface area (TPSA) is 77.8 Å². The Morgan fingerprint density at radius 1 is 1.31 bits per heavy atom. The zero-order valence-corrected chi connectivity index (χ0v) is 11.3. The average Bonchev–Trinajstić information content (AvgIpc) is 2.19. The molecule has 88 valence electrons. The van der Waals surface area contributed by atoms with E-state index in [4.69, 9.17) is 5.11 Å². The number of carboxylic acids is 1. The third-order valence-electron chi connectivity index (χ3n) is 2.02. The molecule has 6 heteroatoms. The van der Waals surface area contributed by atoms with Gasteiger partial charge in [-0.1, -0.05) is 31.9 Å². The number of aliphatic hydroxyl groups excluding tert-OH is 2. The molecule has 0 spiro atoms. The molecule has 0 aliphatic rings. The summed E-state index contributed by atoms with van der Waals surface area (Å²) < 4.78 is 1.36. The summed E-state index contributed by atoms with van der Waals surface area (Å²) >= 11 is 6.46. The van der Waals surface area contributed by atoms with Gasteiger partial charge in [-0.15, -0.1) is 0 Å². The molecule has 0 aliphatic carbocycles. The molecular formula is C10H10Br2O4. The van der Waals surface area contributed by atoms with E-state index < -0.39 is 24.6 Å². The number of hydrogen-bond donors (Lipinski definition) is 3. The van der Waals surface area contributed by atoms with Crippen molar-refractivity contribution in [3.05, 3.63) is 32.7 Å². The quantitative estimate of drug-likeness (QED) is 0.774. The summed E-state index contributed by atoms with van der Waals surface area (Å²) in [5.74, 6) is -1.15. The number of aliphatic hydroxyl groups is 2. The van der Waals surface area contributed by atoms with Crippen LogP contribution in [0.25, 0.3) is 0 Å². The summed E-state index contributed by atoms with van der Waals surface area (Å²) in [5.41, 5.74) is 0.447.